The zero-order chi connectivity index (χ0) is 32.6. The van der Waals surface area contributed by atoms with Crippen LogP contribution in [0.4, 0.5) is 10.5 Å². The van der Waals surface area contributed by atoms with Gasteiger partial charge in [0.15, 0.2) is 0 Å². The van der Waals surface area contributed by atoms with Crippen molar-refractivity contribution in [3.05, 3.63) is 94.4 Å². The number of benzene rings is 2. The van der Waals surface area contributed by atoms with E-state index in [-0.39, 0.29) is 24.8 Å². The maximum Gasteiger partial charge on any atom is 0.407 e. The lowest BCUT2D eigenvalue weighted by Gasteiger charge is -2.19. The zero-order valence-corrected chi connectivity index (χ0v) is 26.8. The highest BCUT2D eigenvalue weighted by Crippen LogP contribution is 2.39. The summed E-state index contributed by atoms with van der Waals surface area (Å²) in [7, 11) is 1.61. The van der Waals surface area contributed by atoms with Crippen molar-refractivity contribution < 1.29 is 24.2 Å². The van der Waals surface area contributed by atoms with Crippen LogP contribution in [-0.4, -0.2) is 52.9 Å². The molecule has 45 heavy (non-hydrogen) atoms. The van der Waals surface area contributed by atoms with Crippen LogP contribution in [0.5, 0.6) is 5.75 Å². The van der Waals surface area contributed by atoms with Crippen molar-refractivity contribution >= 4 is 29.3 Å². The van der Waals surface area contributed by atoms with Gasteiger partial charge in [0, 0.05) is 54.4 Å². The van der Waals surface area contributed by atoms with Crippen molar-refractivity contribution in [1.29, 1.82) is 0 Å². The van der Waals surface area contributed by atoms with E-state index in [1.54, 1.807) is 52.4 Å². The van der Waals surface area contributed by atoms with Crippen molar-refractivity contribution in [3.63, 3.8) is 0 Å². The summed E-state index contributed by atoms with van der Waals surface area (Å²) in [6.07, 6.45) is 2.72. The number of aliphatic hydroxyl groups is 1. The molecule has 2 heterocycles. The van der Waals surface area contributed by atoms with Crippen LogP contribution in [0, 0.1) is 6.92 Å². The molecule has 4 N–H and O–H groups in total. The molecule has 0 aliphatic carbocycles. The van der Waals surface area contributed by atoms with Crippen molar-refractivity contribution in [2.45, 2.75) is 46.4 Å². The van der Waals surface area contributed by atoms with Gasteiger partial charge in [-0.25, -0.2) is 4.79 Å². The molecule has 0 radical (unpaired) electrons. The maximum atomic E-state index is 13.1. The van der Waals surface area contributed by atoms with E-state index >= 15 is 0 Å². The maximum absolute atomic E-state index is 13.1. The number of amides is 2. The monoisotopic (exact) mass is 631 g/mol. The summed E-state index contributed by atoms with van der Waals surface area (Å²) >= 11 is 6.96. The van der Waals surface area contributed by atoms with E-state index in [4.69, 9.17) is 26.2 Å². The highest BCUT2D eigenvalue weighted by Gasteiger charge is 2.18. The fourth-order valence-electron chi connectivity index (χ4n) is 4.59. The van der Waals surface area contributed by atoms with Crippen LogP contribution >= 0.6 is 11.6 Å². The molecule has 0 aliphatic heterocycles. The minimum atomic E-state index is -0.593. The van der Waals surface area contributed by atoms with Gasteiger partial charge in [0.25, 0.3) is 5.91 Å². The second-order valence-corrected chi connectivity index (χ2v) is 11.7. The first-order valence-electron chi connectivity index (χ1n) is 14.5. The number of hydrogen-bond donors (Lipinski definition) is 4. The van der Waals surface area contributed by atoms with E-state index in [1.807, 2.05) is 49.4 Å². The number of nitrogens with one attached hydrogen (secondary N) is 3. The second kappa shape index (κ2) is 15.0. The van der Waals surface area contributed by atoms with Gasteiger partial charge in [-0.05, 0) is 68.7 Å². The first-order valence-corrected chi connectivity index (χ1v) is 14.8. The SMILES string of the molecule is COc1cc(-c2nccc(-c3cccc(NC(=O)c4ccc(CNC(=O)OC(C)(C)C)cn4)c3C)c2Cl)ccc1CNCCO. The minimum absolute atomic E-state index is 0.0532. The molecule has 2 aromatic heterocycles. The number of halogens is 1. The molecule has 236 valence electrons. The summed E-state index contributed by atoms with van der Waals surface area (Å²) in [5.74, 6) is 0.312. The van der Waals surface area contributed by atoms with E-state index in [9.17, 15) is 9.59 Å². The predicted octanol–water partition coefficient (Wildman–Crippen LogP) is 6.14. The fourth-order valence-corrected chi connectivity index (χ4v) is 4.92. The molecule has 0 saturated carbocycles. The van der Waals surface area contributed by atoms with Crippen LogP contribution in [0.1, 0.15) is 48.0 Å². The van der Waals surface area contributed by atoms with Crippen molar-refractivity contribution in [3.8, 4) is 28.1 Å². The lowest BCUT2D eigenvalue weighted by Crippen LogP contribution is -2.32. The molecule has 2 amide bonds. The number of hydrogen-bond acceptors (Lipinski definition) is 8. The van der Waals surface area contributed by atoms with Crippen LogP contribution in [0.2, 0.25) is 5.02 Å². The summed E-state index contributed by atoms with van der Waals surface area (Å²) in [5, 5.41) is 18.3. The molecular formula is C34H38ClN5O5. The van der Waals surface area contributed by atoms with E-state index in [2.05, 4.69) is 25.9 Å². The van der Waals surface area contributed by atoms with Gasteiger partial charge in [0.1, 0.15) is 17.0 Å². The van der Waals surface area contributed by atoms with Gasteiger partial charge >= 0.3 is 6.09 Å². The van der Waals surface area contributed by atoms with Crippen molar-refractivity contribution in [1.82, 2.24) is 20.6 Å². The Hall–Kier alpha value is -4.51. The summed E-state index contributed by atoms with van der Waals surface area (Å²) in [5.41, 5.74) is 5.75. The number of aromatic nitrogens is 2. The first-order chi connectivity index (χ1) is 21.5. The van der Waals surface area contributed by atoms with Gasteiger partial charge in [-0.15, -0.1) is 0 Å². The quantitative estimate of drug-likeness (QED) is 0.145. The van der Waals surface area contributed by atoms with Crippen molar-refractivity contribution in [2.75, 3.05) is 25.6 Å². The van der Waals surface area contributed by atoms with Gasteiger partial charge in [0.2, 0.25) is 0 Å². The van der Waals surface area contributed by atoms with Crippen LogP contribution in [0.25, 0.3) is 22.4 Å². The number of ether oxygens (including phenoxy) is 2. The molecular weight excluding hydrogens is 594 g/mol. The topological polar surface area (TPSA) is 135 Å². The molecule has 0 bridgehead atoms. The smallest absolute Gasteiger partial charge is 0.407 e. The predicted molar refractivity (Wildman–Crippen MR) is 175 cm³/mol. The summed E-state index contributed by atoms with van der Waals surface area (Å²) in [4.78, 5) is 33.9. The van der Waals surface area contributed by atoms with Crippen LogP contribution in [0.3, 0.4) is 0 Å². The molecule has 4 rings (SSSR count). The Balaban J connectivity index is 1.51. The number of pyridine rings is 2. The Morgan fingerprint density at radius 2 is 1.80 bits per heavy atom. The first kappa shape index (κ1) is 33.4. The molecule has 0 spiro atoms. The average Bonchev–Trinajstić information content (AvgIpc) is 3.01. The number of alkyl carbamates (subject to hydrolysis) is 1. The molecule has 4 aromatic rings. The molecule has 0 atom stereocenters. The number of carbonyl (C=O) groups is 2. The number of rotatable bonds is 11. The molecule has 11 heteroatoms. The lowest BCUT2D eigenvalue weighted by molar-refractivity contribution is 0.0523. The van der Waals surface area contributed by atoms with Crippen LogP contribution in [-0.2, 0) is 17.8 Å². The molecule has 0 aliphatic rings. The zero-order valence-electron chi connectivity index (χ0n) is 26.0. The highest BCUT2D eigenvalue weighted by molar-refractivity contribution is 6.35. The third-order valence-electron chi connectivity index (χ3n) is 6.82. The molecule has 0 unspecified atom stereocenters. The highest BCUT2D eigenvalue weighted by atomic mass is 35.5. The Morgan fingerprint density at radius 1 is 1.00 bits per heavy atom. The van der Waals surface area contributed by atoms with E-state index in [1.165, 1.54) is 0 Å². The van der Waals surface area contributed by atoms with Gasteiger partial charge in [-0.2, -0.15) is 0 Å². The van der Waals surface area contributed by atoms with Crippen LogP contribution in [0.15, 0.2) is 67.0 Å². The van der Waals surface area contributed by atoms with Crippen molar-refractivity contribution in [2.24, 2.45) is 0 Å². The number of nitrogens with zero attached hydrogens (tertiary/aromatic N) is 2. The number of methoxy groups -OCH3 is 1. The standard InChI is InChI=1S/C34H38ClN5O5/c1-21-25(26-13-14-37-31(30(26)35)23-10-11-24(20-36-15-16-41)29(17-23)44-5)7-6-8-27(21)40-32(42)28-12-9-22(18-38-28)19-39-33(43)45-34(2,3)4/h6-14,17-18,36,41H,15-16,19-20H2,1-5H3,(H,39,43)(H,40,42). The molecule has 0 saturated heterocycles. The largest absolute Gasteiger partial charge is 0.496 e. The summed E-state index contributed by atoms with van der Waals surface area (Å²) in [6, 6.07) is 16.6. The van der Waals surface area contributed by atoms with Crippen LogP contribution < -0.4 is 20.7 Å². The Kier molecular flexibility index (Phi) is 11.1. The second-order valence-electron chi connectivity index (χ2n) is 11.3. The molecule has 0 fully saturated rings. The fraction of sp³-hybridized carbons (Fsp3) is 0.294. The van der Waals surface area contributed by atoms with Gasteiger partial charge in [0.05, 0.1) is 24.4 Å². The lowest BCUT2D eigenvalue weighted by atomic mass is 9.97. The Bertz CT molecular complexity index is 1650. The minimum Gasteiger partial charge on any atom is -0.496 e. The number of carbonyl (C=O) groups excluding carboxylic acids is 2. The van der Waals surface area contributed by atoms with E-state index < -0.39 is 11.7 Å². The normalized spacial score (nSPS) is 11.2. The summed E-state index contributed by atoms with van der Waals surface area (Å²) in [6.45, 7) is 8.60. The van der Waals surface area contributed by atoms with Gasteiger partial charge < -0.3 is 30.5 Å². The van der Waals surface area contributed by atoms with Gasteiger partial charge in [-0.3, -0.25) is 14.8 Å². The Labute approximate surface area is 268 Å². The molecule has 10 nitrogen and oxygen atoms in total. The third kappa shape index (κ3) is 8.78. The Morgan fingerprint density at radius 3 is 2.49 bits per heavy atom. The number of aliphatic hydroxyl groups excluding tert-OH is 1. The number of anilines is 1. The van der Waals surface area contributed by atoms with E-state index in [0.29, 0.717) is 35.2 Å². The summed E-state index contributed by atoms with van der Waals surface area (Å²) < 4.78 is 10.9. The third-order valence-corrected chi connectivity index (χ3v) is 7.20. The van der Waals surface area contributed by atoms with Gasteiger partial charge in [-0.1, -0.05) is 41.9 Å². The van der Waals surface area contributed by atoms with E-state index in [0.717, 1.165) is 33.4 Å². The molecule has 2 aromatic carbocycles. The average molecular weight is 632 g/mol.